The van der Waals surface area contributed by atoms with Crippen LogP contribution in [0.4, 0.5) is 5.69 Å². The number of nitriles is 1. The van der Waals surface area contributed by atoms with Crippen LogP contribution in [0.2, 0.25) is 0 Å². The van der Waals surface area contributed by atoms with Crippen molar-refractivity contribution in [2.75, 3.05) is 12.4 Å². The zero-order valence-corrected chi connectivity index (χ0v) is 14.1. The van der Waals surface area contributed by atoms with Gasteiger partial charge in [-0.25, -0.2) is 0 Å². The molecule has 5 heteroatoms. The Bertz CT molecular complexity index is 1030. The molecule has 0 aliphatic rings. The maximum absolute atomic E-state index is 12.4. The third kappa shape index (κ3) is 3.50. The average Bonchev–Trinajstić information content (AvgIpc) is 2.68. The summed E-state index contributed by atoms with van der Waals surface area (Å²) in [5.74, 6) is 0.124. The fourth-order valence-corrected chi connectivity index (χ4v) is 2.60. The summed E-state index contributed by atoms with van der Waals surface area (Å²) in [6.07, 6.45) is 1.40. The number of phenolic OH excluding ortho intramolecular Hbond substituents is 1. The van der Waals surface area contributed by atoms with E-state index in [2.05, 4.69) is 5.32 Å². The van der Waals surface area contributed by atoms with Crippen molar-refractivity contribution in [1.82, 2.24) is 0 Å². The van der Waals surface area contributed by atoms with Gasteiger partial charge in [0.05, 0.1) is 7.11 Å². The van der Waals surface area contributed by atoms with Crippen LogP contribution in [0.25, 0.3) is 16.8 Å². The van der Waals surface area contributed by atoms with Crippen molar-refractivity contribution < 1.29 is 14.6 Å². The minimum atomic E-state index is -0.551. The van der Waals surface area contributed by atoms with Crippen LogP contribution >= 0.6 is 0 Å². The first kappa shape index (κ1) is 17.1. The van der Waals surface area contributed by atoms with Gasteiger partial charge in [-0.2, -0.15) is 5.26 Å². The van der Waals surface area contributed by atoms with Gasteiger partial charge in [0.15, 0.2) is 0 Å². The van der Waals surface area contributed by atoms with Gasteiger partial charge in [0, 0.05) is 11.3 Å². The number of fused-ring (bicyclic) bond motifs is 1. The number of hydrogen-bond acceptors (Lipinski definition) is 4. The van der Waals surface area contributed by atoms with Gasteiger partial charge < -0.3 is 15.2 Å². The lowest BCUT2D eigenvalue weighted by atomic mass is 10.0. The van der Waals surface area contributed by atoms with Crippen molar-refractivity contribution in [3.8, 4) is 17.6 Å². The second-order valence-corrected chi connectivity index (χ2v) is 5.57. The summed E-state index contributed by atoms with van der Waals surface area (Å²) >= 11 is 0. The van der Waals surface area contributed by atoms with Crippen LogP contribution in [0, 0.1) is 11.3 Å². The Morgan fingerprint density at radius 1 is 1.12 bits per heavy atom. The predicted molar refractivity (Wildman–Crippen MR) is 101 cm³/mol. The maximum Gasteiger partial charge on any atom is 0.266 e. The first-order valence-electron chi connectivity index (χ1n) is 7.90. The molecule has 26 heavy (non-hydrogen) atoms. The molecule has 3 rings (SSSR count). The van der Waals surface area contributed by atoms with Crippen LogP contribution in [0.15, 0.2) is 66.2 Å². The number of ether oxygens (including phenoxy) is 1. The lowest BCUT2D eigenvalue weighted by Gasteiger charge is -2.08. The van der Waals surface area contributed by atoms with E-state index in [0.717, 1.165) is 10.8 Å². The molecule has 0 aromatic heterocycles. The first-order valence-corrected chi connectivity index (χ1v) is 7.90. The number of aromatic hydroxyl groups is 1. The van der Waals surface area contributed by atoms with E-state index in [1.807, 2.05) is 30.3 Å². The van der Waals surface area contributed by atoms with E-state index in [4.69, 9.17) is 4.74 Å². The second kappa shape index (κ2) is 7.41. The maximum atomic E-state index is 12.4. The summed E-state index contributed by atoms with van der Waals surface area (Å²) in [5.41, 5.74) is 0.871. The highest BCUT2D eigenvalue weighted by molar-refractivity contribution is 6.11. The molecule has 0 radical (unpaired) electrons. The third-order valence-electron chi connectivity index (χ3n) is 3.95. The summed E-state index contributed by atoms with van der Waals surface area (Å²) in [5, 5.41) is 23.9. The first-order chi connectivity index (χ1) is 12.6. The molecule has 3 aromatic carbocycles. The molecule has 0 atom stereocenters. The topological polar surface area (TPSA) is 82.3 Å². The number of hydrogen-bond donors (Lipinski definition) is 2. The highest BCUT2D eigenvalue weighted by Gasteiger charge is 2.12. The lowest BCUT2D eigenvalue weighted by Crippen LogP contribution is -2.13. The third-order valence-corrected chi connectivity index (χ3v) is 3.95. The second-order valence-electron chi connectivity index (χ2n) is 5.57. The molecule has 2 N–H and O–H groups in total. The van der Waals surface area contributed by atoms with Crippen molar-refractivity contribution in [2.45, 2.75) is 0 Å². The molecule has 0 heterocycles. The standard InChI is InChI=1S/C21H16N2O3/c1-26-17-9-7-16(8-10-17)23-21(25)15(13-22)12-19-18-5-3-2-4-14(18)6-11-20(19)24/h2-12,24H,1H3,(H,23,25). The molecule has 0 spiro atoms. The number of nitrogens with zero attached hydrogens (tertiary/aromatic N) is 1. The van der Waals surface area contributed by atoms with Gasteiger partial charge in [0.1, 0.15) is 23.1 Å². The Morgan fingerprint density at radius 3 is 2.54 bits per heavy atom. The normalized spacial score (nSPS) is 11.0. The largest absolute Gasteiger partial charge is 0.507 e. The average molecular weight is 344 g/mol. The summed E-state index contributed by atoms with van der Waals surface area (Å²) in [7, 11) is 1.56. The fourth-order valence-electron chi connectivity index (χ4n) is 2.60. The molecule has 0 fully saturated rings. The van der Waals surface area contributed by atoms with Crippen molar-refractivity contribution in [3.05, 3.63) is 71.8 Å². The van der Waals surface area contributed by atoms with Crippen molar-refractivity contribution in [1.29, 1.82) is 5.26 Å². The molecule has 0 aliphatic carbocycles. The Labute approximate surface area is 150 Å². The number of benzene rings is 3. The van der Waals surface area contributed by atoms with E-state index >= 15 is 0 Å². The van der Waals surface area contributed by atoms with Gasteiger partial charge in [-0.1, -0.05) is 30.3 Å². The van der Waals surface area contributed by atoms with Crippen LogP contribution in [-0.4, -0.2) is 18.1 Å². The number of carbonyl (C=O) groups excluding carboxylic acids is 1. The Kier molecular flexibility index (Phi) is 4.86. The number of phenols is 1. The highest BCUT2D eigenvalue weighted by Crippen LogP contribution is 2.29. The fraction of sp³-hybridized carbons (Fsp3) is 0.0476. The highest BCUT2D eigenvalue weighted by atomic mass is 16.5. The Balaban J connectivity index is 1.94. The molecule has 0 saturated carbocycles. The van der Waals surface area contributed by atoms with E-state index in [1.165, 1.54) is 6.08 Å². The number of rotatable bonds is 4. The summed E-state index contributed by atoms with van der Waals surface area (Å²) in [6, 6.07) is 19.5. The van der Waals surface area contributed by atoms with Crippen LogP contribution in [0.1, 0.15) is 5.56 Å². The van der Waals surface area contributed by atoms with Crippen LogP contribution in [-0.2, 0) is 4.79 Å². The van der Waals surface area contributed by atoms with Crippen molar-refractivity contribution >= 4 is 28.4 Å². The smallest absolute Gasteiger partial charge is 0.266 e. The predicted octanol–water partition coefficient (Wildman–Crippen LogP) is 4.10. The zero-order valence-electron chi connectivity index (χ0n) is 14.1. The van der Waals surface area contributed by atoms with Crippen molar-refractivity contribution in [2.24, 2.45) is 0 Å². The lowest BCUT2D eigenvalue weighted by molar-refractivity contribution is -0.112. The molecule has 0 saturated heterocycles. The van der Waals surface area contributed by atoms with Crippen molar-refractivity contribution in [3.63, 3.8) is 0 Å². The van der Waals surface area contributed by atoms with E-state index in [0.29, 0.717) is 17.0 Å². The quantitative estimate of drug-likeness (QED) is 0.551. The molecule has 3 aromatic rings. The molecule has 1 amide bonds. The Hall–Kier alpha value is -3.78. The number of methoxy groups -OCH3 is 1. The zero-order chi connectivity index (χ0) is 18.5. The van der Waals surface area contributed by atoms with Crippen LogP contribution < -0.4 is 10.1 Å². The van der Waals surface area contributed by atoms with Gasteiger partial charge in [-0.05, 0) is 47.2 Å². The van der Waals surface area contributed by atoms with Crippen LogP contribution in [0.5, 0.6) is 11.5 Å². The van der Waals surface area contributed by atoms with E-state index in [9.17, 15) is 15.2 Å². The van der Waals surface area contributed by atoms with Gasteiger partial charge in [0.25, 0.3) is 5.91 Å². The summed E-state index contributed by atoms with van der Waals surface area (Å²) in [4.78, 5) is 12.4. The summed E-state index contributed by atoms with van der Waals surface area (Å²) < 4.78 is 5.07. The summed E-state index contributed by atoms with van der Waals surface area (Å²) in [6.45, 7) is 0. The number of nitrogens with one attached hydrogen (secondary N) is 1. The molecule has 128 valence electrons. The van der Waals surface area contributed by atoms with E-state index in [1.54, 1.807) is 43.5 Å². The number of anilines is 1. The van der Waals surface area contributed by atoms with E-state index in [-0.39, 0.29) is 11.3 Å². The molecule has 5 nitrogen and oxygen atoms in total. The molecule has 0 unspecified atom stereocenters. The van der Waals surface area contributed by atoms with Gasteiger partial charge in [-0.3, -0.25) is 4.79 Å². The minimum Gasteiger partial charge on any atom is -0.507 e. The Morgan fingerprint density at radius 2 is 1.85 bits per heavy atom. The molecule has 0 bridgehead atoms. The minimum absolute atomic E-state index is 0.00805. The number of carbonyl (C=O) groups is 1. The van der Waals surface area contributed by atoms with Gasteiger partial charge >= 0.3 is 0 Å². The molecular weight excluding hydrogens is 328 g/mol. The monoisotopic (exact) mass is 344 g/mol. The van der Waals surface area contributed by atoms with Crippen LogP contribution in [0.3, 0.4) is 0 Å². The van der Waals surface area contributed by atoms with Gasteiger partial charge in [0.2, 0.25) is 0 Å². The van der Waals surface area contributed by atoms with Gasteiger partial charge in [-0.15, -0.1) is 0 Å². The molecule has 0 aliphatic heterocycles. The SMILES string of the molecule is COc1ccc(NC(=O)C(C#N)=Cc2c(O)ccc3ccccc23)cc1. The van der Waals surface area contributed by atoms with E-state index < -0.39 is 5.91 Å². The molecular formula is C21H16N2O3. The number of amides is 1.